The fraction of sp³-hybridized carbons (Fsp3) is 0.267. The Balaban J connectivity index is 1.67. The average molecular weight is 272 g/mol. The minimum absolute atomic E-state index is 0.00457. The SMILES string of the molecule is O=C(O)C1CC(COc2cccc3ccccc23)NN1. The molecule has 2 aromatic rings. The first-order valence-corrected chi connectivity index (χ1v) is 6.58. The van der Waals surface area contributed by atoms with Crippen LogP contribution in [0.4, 0.5) is 0 Å². The molecule has 0 amide bonds. The molecule has 1 aliphatic heterocycles. The highest BCUT2D eigenvalue weighted by molar-refractivity contribution is 5.88. The number of hydrogen-bond acceptors (Lipinski definition) is 4. The van der Waals surface area contributed by atoms with Gasteiger partial charge in [-0.2, -0.15) is 0 Å². The molecule has 2 unspecified atom stereocenters. The first kappa shape index (κ1) is 12.9. The summed E-state index contributed by atoms with van der Waals surface area (Å²) in [5, 5.41) is 11.1. The van der Waals surface area contributed by atoms with Crippen molar-refractivity contribution in [3.05, 3.63) is 42.5 Å². The second-order valence-electron chi connectivity index (χ2n) is 4.90. The molecule has 0 saturated carbocycles. The summed E-state index contributed by atoms with van der Waals surface area (Å²) in [4.78, 5) is 10.9. The monoisotopic (exact) mass is 272 g/mol. The van der Waals surface area contributed by atoms with Crippen LogP contribution < -0.4 is 15.6 Å². The number of carbonyl (C=O) groups is 1. The van der Waals surface area contributed by atoms with Gasteiger partial charge in [-0.05, 0) is 17.9 Å². The maximum atomic E-state index is 10.9. The topological polar surface area (TPSA) is 70.6 Å². The summed E-state index contributed by atoms with van der Waals surface area (Å²) < 4.78 is 5.84. The molecule has 1 saturated heterocycles. The van der Waals surface area contributed by atoms with Crippen LogP contribution in [0.3, 0.4) is 0 Å². The number of fused-ring (bicyclic) bond motifs is 1. The van der Waals surface area contributed by atoms with E-state index in [9.17, 15) is 4.79 Å². The summed E-state index contributed by atoms with van der Waals surface area (Å²) in [6.07, 6.45) is 0.514. The van der Waals surface area contributed by atoms with E-state index in [0.717, 1.165) is 16.5 Å². The van der Waals surface area contributed by atoms with Gasteiger partial charge < -0.3 is 9.84 Å². The number of hydrazine groups is 1. The van der Waals surface area contributed by atoms with Gasteiger partial charge in [0.25, 0.3) is 0 Å². The predicted octanol–water partition coefficient (Wildman–Crippen LogP) is 1.54. The summed E-state index contributed by atoms with van der Waals surface area (Å²) in [6.45, 7) is 0.435. The van der Waals surface area contributed by atoms with Crippen molar-refractivity contribution in [1.29, 1.82) is 0 Å². The number of ether oxygens (including phenoxy) is 1. The number of nitrogens with one attached hydrogen (secondary N) is 2. The third kappa shape index (κ3) is 2.59. The molecule has 2 atom stereocenters. The lowest BCUT2D eigenvalue weighted by Crippen LogP contribution is -2.38. The quantitative estimate of drug-likeness (QED) is 0.787. The fourth-order valence-corrected chi connectivity index (χ4v) is 2.41. The average Bonchev–Trinajstić information content (AvgIpc) is 2.94. The molecule has 1 heterocycles. The molecule has 104 valence electrons. The van der Waals surface area contributed by atoms with Crippen LogP contribution in [0.5, 0.6) is 5.75 Å². The van der Waals surface area contributed by atoms with Crippen LogP contribution in [-0.2, 0) is 4.79 Å². The normalized spacial score (nSPS) is 22.0. The van der Waals surface area contributed by atoms with Gasteiger partial charge in [0.2, 0.25) is 0 Å². The van der Waals surface area contributed by atoms with Crippen LogP contribution in [0, 0.1) is 0 Å². The van der Waals surface area contributed by atoms with Crippen LogP contribution >= 0.6 is 0 Å². The lowest BCUT2D eigenvalue weighted by Gasteiger charge is -2.13. The van der Waals surface area contributed by atoms with Gasteiger partial charge in [0.1, 0.15) is 18.4 Å². The summed E-state index contributed by atoms with van der Waals surface area (Å²) in [5.74, 6) is -0.0196. The van der Waals surface area contributed by atoms with Gasteiger partial charge in [-0.1, -0.05) is 36.4 Å². The summed E-state index contributed by atoms with van der Waals surface area (Å²) in [6, 6.07) is 13.4. The standard InChI is InChI=1S/C15H16N2O3/c18-15(19)13-8-11(16-17-13)9-20-14-7-3-5-10-4-1-2-6-12(10)14/h1-7,11,13,16-17H,8-9H2,(H,18,19). The Morgan fingerprint density at radius 3 is 2.80 bits per heavy atom. The van der Waals surface area contributed by atoms with E-state index in [1.807, 2.05) is 42.5 Å². The van der Waals surface area contributed by atoms with E-state index in [1.54, 1.807) is 0 Å². The lowest BCUT2D eigenvalue weighted by atomic mass is 10.1. The molecule has 1 aliphatic rings. The van der Waals surface area contributed by atoms with Gasteiger partial charge in [0.05, 0.1) is 6.04 Å². The molecular weight excluding hydrogens is 256 g/mol. The first-order chi connectivity index (χ1) is 9.74. The van der Waals surface area contributed by atoms with E-state index < -0.39 is 12.0 Å². The molecule has 3 rings (SSSR count). The summed E-state index contributed by atoms with van der Waals surface area (Å²) >= 11 is 0. The maximum absolute atomic E-state index is 10.9. The molecule has 3 N–H and O–H groups in total. The van der Waals surface area contributed by atoms with E-state index in [0.29, 0.717) is 13.0 Å². The molecule has 5 heteroatoms. The van der Waals surface area contributed by atoms with Crippen molar-refractivity contribution in [2.45, 2.75) is 18.5 Å². The van der Waals surface area contributed by atoms with Crippen LogP contribution in [0.15, 0.2) is 42.5 Å². The Labute approximate surface area is 116 Å². The zero-order chi connectivity index (χ0) is 13.9. The number of benzene rings is 2. The smallest absolute Gasteiger partial charge is 0.322 e. The molecule has 0 aliphatic carbocycles. The third-order valence-corrected chi connectivity index (χ3v) is 3.47. The van der Waals surface area contributed by atoms with Gasteiger partial charge in [0, 0.05) is 5.39 Å². The zero-order valence-electron chi connectivity index (χ0n) is 10.9. The summed E-state index contributed by atoms with van der Waals surface area (Å²) in [5.41, 5.74) is 5.70. The number of hydrogen-bond donors (Lipinski definition) is 3. The van der Waals surface area contributed by atoms with Crippen molar-refractivity contribution in [2.75, 3.05) is 6.61 Å². The number of carboxylic acids is 1. The second-order valence-corrected chi connectivity index (χ2v) is 4.90. The first-order valence-electron chi connectivity index (χ1n) is 6.58. The van der Waals surface area contributed by atoms with E-state index in [-0.39, 0.29) is 6.04 Å². The Morgan fingerprint density at radius 2 is 2.00 bits per heavy atom. The van der Waals surface area contributed by atoms with Crippen LogP contribution in [0.25, 0.3) is 10.8 Å². The molecule has 0 aromatic heterocycles. The zero-order valence-corrected chi connectivity index (χ0v) is 10.9. The van der Waals surface area contributed by atoms with Crippen molar-refractivity contribution in [3.63, 3.8) is 0 Å². The minimum atomic E-state index is -0.842. The van der Waals surface area contributed by atoms with Crippen molar-refractivity contribution < 1.29 is 14.6 Å². The van der Waals surface area contributed by atoms with Gasteiger partial charge in [-0.25, -0.2) is 5.43 Å². The number of rotatable bonds is 4. The van der Waals surface area contributed by atoms with Gasteiger partial charge in [0.15, 0.2) is 0 Å². The molecule has 0 bridgehead atoms. The molecule has 5 nitrogen and oxygen atoms in total. The lowest BCUT2D eigenvalue weighted by molar-refractivity contribution is -0.139. The van der Waals surface area contributed by atoms with Crippen molar-refractivity contribution >= 4 is 16.7 Å². The van der Waals surface area contributed by atoms with Crippen LogP contribution in [0.1, 0.15) is 6.42 Å². The molecule has 0 radical (unpaired) electrons. The van der Waals surface area contributed by atoms with Crippen LogP contribution in [0.2, 0.25) is 0 Å². The Kier molecular flexibility index (Phi) is 3.54. The third-order valence-electron chi connectivity index (χ3n) is 3.47. The maximum Gasteiger partial charge on any atom is 0.322 e. The van der Waals surface area contributed by atoms with E-state index in [1.165, 1.54) is 0 Å². The Morgan fingerprint density at radius 1 is 1.20 bits per heavy atom. The van der Waals surface area contributed by atoms with Gasteiger partial charge in [-0.3, -0.25) is 10.2 Å². The van der Waals surface area contributed by atoms with Crippen molar-refractivity contribution in [1.82, 2.24) is 10.9 Å². The molecule has 0 spiro atoms. The predicted molar refractivity (Wildman–Crippen MR) is 75.5 cm³/mol. The Hall–Kier alpha value is -2.11. The molecular formula is C15H16N2O3. The highest BCUT2D eigenvalue weighted by Gasteiger charge is 2.29. The highest BCUT2D eigenvalue weighted by Crippen LogP contribution is 2.25. The van der Waals surface area contributed by atoms with Crippen molar-refractivity contribution in [2.24, 2.45) is 0 Å². The fourth-order valence-electron chi connectivity index (χ4n) is 2.41. The van der Waals surface area contributed by atoms with Gasteiger partial charge in [-0.15, -0.1) is 0 Å². The highest BCUT2D eigenvalue weighted by atomic mass is 16.5. The molecule has 1 fully saturated rings. The number of carboxylic acid groups (broad SMARTS) is 1. The second kappa shape index (κ2) is 5.48. The number of aliphatic carboxylic acids is 1. The van der Waals surface area contributed by atoms with E-state index >= 15 is 0 Å². The van der Waals surface area contributed by atoms with Crippen molar-refractivity contribution in [3.8, 4) is 5.75 Å². The largest absolute Gasteiger partial charge is 0.491 e. The van der Waals surface area contributed by atoms with E-state index in [4.69, 9.17) is 9.84 Å². The Bertz CT molecular complexity index is 624. The summed E-state index contributed by atoms with van der Waals surface area (Å²) in [7, 11) is 0. The van der Waals surface area contributed by atoms with Crippen LogP contribution in [-0.4, -0.2) is 29.8 Å². The molecule has 20 heavy (non-hydrogen) atoms. The molecule has 2 aromatic carbocycles. The minimum Gasteiger partial charge on any atom is -0.491 e. The van der Waals surface area contributed by atoms with E-state index in [2.05, 4.69) is 10.9 Å². The van der Waals surface area contributed by atoms with Gasteiger partial charge >= 0.3 is 5.97 Å².